The summed E-state index contributed by atoms with van der Waals surface area (Å²) < 4.78 is 88.0. The zero-order valence-corrected chi connectivity index (χ0v) is 12.0. The van der Waals surface area contributed by atoms with Crippen molar-refractivity contribution in [2.24, 2.45) is 9.98 Å². The predicted molar refractivity (Wildman–Crippen MR) is 65.3 cm³/mol. The highest BCUT2D eigenvalue weighted by molar-refractivity contribution is 5.89. The van der Waals surface area contributed by atoms with Gasteiger partial charge in [0.15, 0.2) is 0 Å². The van der Waals surface area contributed by atoms with E-state index in [0.29, 0.717) is 0 Å². The minimum absolute atomic E-state index is 0.0978. The molecule has 0 saturated heterocycles. The molecule has 0 aliphatic carbocycles. The molecule has 11 heteroatoms. The van der Waals surface area contributed by atoms with Crippen LogP contribution >= 0.6 is 0 Å². The minimum atomic E-state index is -5.80. The highest BCUT2D eigenvalue weighted by Crippen LogP contribution is 2.48. The highest BCUT2D eigenvalue weighted by atomic mass is 19.4. The van der Waals surface area contributed by atoms with Crippen LogP contribution in [0, 0.1) is 0 Å². The van der Waals surface area contributed by atoms with Gasteiger partial charge >= 0.3 is 24.1 Å². The first-order valence-electron chi connectivity index (χ1n) is 6.41. The van der Waals surface area contributed by atoms with E-state index in [9.17, 15) is 26.3 Å². The zero-order valence-electron chi connectivity index (χ0n) is 12.0. The summed E-state index contributed by atoms with van der Waals surface area (Å²) in [6.07, 6.45) is -12.7. The number of amidine groups is 1. The Bertz CT molecular complexity index is 440. The van der Waals surface area contributed by atoms with Crippen LogP contribution in [0.5, 0.6) is 0 Å². The lowest BCUT2D eigenvalue weighted by Crippen LogP contribution is -2.58. The third-order valence-electron chi connectivity index (χ3n) is 2.78. The van der Waals surface area contributed by atoms with Crippen LogP contribution in [0.1, 0.15) is 20.8 Å². The number of ether oxygens (including phenoxy) is 2. The maximum Gasteiger partial charge on any atom is 0.444 e. The van der Waals surface area contributed by atoms with Crippen molar-refractivity contribution in [3.05, 3.63) is 0 Å². The molecule has 0 atom stereocenters. The summed E-state index contributed by atoms with van der Waals surface area (Å²) in [4.78, 5) is 6.39. The average Bonchev–Trinajstić information content (AvgIpc) is 2.37. The molecule has 5 nitrogen and oxygen atoms in total. The van der Waals surface area contributed by atoms with Crippen molar-refractivity contribution in [2.45, 2.75) is 38.8 Å². The maximum absolute atomic E-state index is 13.1. The van der Waals surface area contributed by atoms with E-state index in [2.05, 4.69) is 14.7 Å². The van der Waals surface area contributed by atoms with Gasteiger partial charge in [0.2, 0.25) is 0 Å². The largest absolute Gasteiger partial charge is 0.451 e. The molecule has 0 aromatic rings. The summed E-state index contributed by atoms with van der Waals surface area (Å²) in [5, 5.41) is 0. The van der Waals surface area contributed by atoms with Crippen LogP contribution in [0.2, 0.25) is 0 Å². The van der Waals surface area contributed by atoms with Crippen LogP contribution in [0.4, 0.5) is 26.3 Å². The molecule has 0 fully saturated rings. The quantitative estimate of drug-likeness (QED) is 0.745. The van der Waals surface area contributed by atoms with Crippen molar-refractivity contribution < 1.29 is 35.8 Å². The molecule has 0 unspecified atom stereocenters. The molecule has 0 radical (unpaired) electrons. The third-order valence-corrected chi connectivity index (χ3v) is 2.78. The summed E-state index contributed by atoms with van der Waals surface area (Å²) in [7, 11) is 0. The Morgan fingerprint density at radius 2 is 1.50 bits per heavy atom. The Morgan fingerprint density at radius 1 is 1.00 bits per heavy atom. The maximum atomic E-state index is 13.1. The van der Waals surface area contributed by atoms with E-state index in [1.54, 1.807) is 0 Å². The van der Waals surface area contributed by atoms with Crippen LogP contribution < -0.4 is 0 Å². The first-order valence-corrected chi connectivity index (χ1v) is 6.41. The van der Waals surface area contributed by atoms with Crippen molar-refractivity contribution in [1.29, 1.82) is 0 Å². The van der Waals surface area contributed by atoms with E-state index < -0.39 is 30.1 Å². The molecule has 1 aliphatic rings. The zero-order chi connectivity index (χ0) is 17.2. The molecule has 0 N–H and O–H groups in total. The Hall–Kier alpha value is -1.68. The van der Waals surface area contributed by atoms with Gasteiger partial charge in [0, 0.05) is 13.1 Å². The smallest absolute Gasteiger partial charge is 0.444 e. The van der Waals surface area contributed by atoms with E-state index >= 15 is 0 Å². The fraction of sp³-hybridized carbons (Fsp3) is 0.818. The second kappa shape index (κ2) is 6.21. The molecular formula is C11H15F6N3O2. The topological polar surface area (TPSA) is 46.4 Å². The molecule has 0 aromatic carbocycles. The highest BCUT2D eigenvalue weighted by Gasteiger charge is 2.74. The Kier molecular flexibility index (Phi) is 5.18. The van der Waals surface area contributed by atoms with Gasteiger partial charge in [0.05, 0.1) is 6.61 Å². The van der Waals surface area contributed by atoms with E-state index in [4.69, 9.17) is 4.74 Å². The lowest BCUT2D eigenvalue weighted by atomic mass is 10.1. The normalized spacial score (nSPS) is 18.2. The number of aliphatic imine (C=N–C) groups is 2. The molecule has 0 aromatic heterocycles. The number of halogens is 6. The fourth-order valence-electron chi connectivity index (χ4n) is 1.65. The summed E-state index contributed by atoms with van der Waals surface area (Å²) in [5.41, 5.74) is -4.64. The standard InChI is InChI=1S/C11H15F6N3O2/c1-4-20(5-2)7-18-9(10(12,13)14,11(15,16)17)19-8(22-7)21-6-3/h4-6H2,1-3H3. The van der Waals surface area contributed by atoms with Crippen molar-refractivity contribution >= 4 is 12.1 Å². The van der Waals surface area contributed by atoms with E-state index in [-0.39, 0.29) is 19.7 Å². The number of hydrogen-bond donors (Lipinski definition) is 0. The van der Waals surface area contributed by atoms with Crippen LogP contribution in [0.15, 0.2) is 9.98 Å². The summed E-state index contributed by atoms with van der Waals surface area (Å²) in [5.74, 6) is 0. The van der Waals surface area contributed by atoms with Gasteiger partial charge in [-0.25, -0.2) is 0 Å². The Labute approximate surface area is 122 Å². The van der Waals surface area contributed by atoms with Crippen molar-refractivity contribution in [2.75, 3.05) is 19.7 Å². The number of alkyl halides is 6. The van der Waals surface area contributed by atoms with Crippen LogP contribution in [0.3, 0.4) is 0 Å². The lowest BCUT2D eigenvalue weighted by molar-refractivity contribution is -0.294. The minimum Gasteiger partial charge on any atom is -0.451 e. The van der Waals surface area contributed by atoms with Gasteiger partial charge in [-0.05, 0) is 20.8 Å². The van der Waals surface area contributed by atoms with Crippen molar-refractivity contribution in [3.63, 3.8) is 0 Å². The SMILES string of the molecule is CCOC1=NC(C(F)(F)F)(C(F)(F)F)N=C(N(CC)CC)O1. The number of nitrogens with zero attached hydrogens (tertiary/aromatic N) is 3. The molecule has 1 aliphatic heterocycles. The summed E-state index contributed by atoms with van der Waals surface area (Å²) in [6, 6.07) is -0.835. The van der Waals surface area contributed by atoms with Crippen molar-refractivity contribution in [1.82, 2.24) is 4.90 Å². The van der Waals surface area contributed by atoms with Gasteiger partial charge in [0.25, 0.3) is 6.02 Å². The average molecular weight is 335 g/mol. The molecule has 1 rings (SSSR count). The number of hydrogen-bond acceptors (Lipinski definition) is 5. The van der Waals surface area contributed by atoms with Crippen LogP contribution in [-0.2, 0) is 9.47 Å². The van der Waals surface area contributed by atoms with Crippen molar-refractivity contribution in [3.8, 4) is 0 Å². The third kappa shape index (κ3) is 3.22. The predicted octanol–water partition coefficient (Wildman–Crippen LogP) is 2.93. The molecule has 0 spiro atoms. The van der Waals surface area contributed by atoms with Gasteiger partial charge in [-0.2, -0.15) is 36.3 Å². The summed E-state index contributed by atoms with van der Waals surface area (Å²) >= 11 is 0. The lowest BCUT2D eigenvalue weighted by Gasteiger charge is -2.35. The van der Waals surface area contributed by atoms with E-state index in [0.717, 1.165) is 4.90 Å². The van der Waals surface area contributed by atoms with E-state index in [1.807, 2.05) is 0 Å². The Balaban J connectivity index is 3.50. The first-order chi connectivity index (χ1) is 10.0. The Morgan fingerprint density at radius 3 is 1.86 bits per heavy atom. The molecule has 0 bridgehead atoms. The van der Waals surface area contributed by atoms with Gasteiger partial charge in [-0.15, -0.1) is 0 Å². The molecule has 0 saturated carbocycles. The van der Waals surface area contributed by atoms with E-state index in [1.165, 1.54) is 20.8 Å². The van der Waals surface area contributed by atoms with Gasteiger partial charge in [0.1, 0.15) is 0 Å². The first kappa shape index (κ1) is 18.4. The number of rotatable bonds is 3. The van der Waals surface area contributed by atoms with Crippen LogP contribution in [-0.4, -0.2) is 54.7 Å². The molecule has 22 heavy (non-hydrogen) atoms. The second-order valence-electron chi connectivity index (χ2n) is 4.15. The second-order valence-corrected chi connectivity index (χ2v) is 4.15. The fourth-order valence-corrected chi connectivity index (χ4v) is 1.65. The molecule has 128 valence electrons. The monoisotopic (exact) mass is 335 g/mol. The van der Waals surface area contributed by atoms with Gasteiger partial charge < -0.3 is 14.4 Å². The van der Waals surface area contributed by atoms with Gasteiger partial charge in [-0.1, -0.05) is 0 Å². The summed E-state index contributed by atoms with van der Waals surface area (Å²) in [6.45, 7) is 4.42. The van der Waals surface area contributed by atoms with Gasteiger partial charge in [-0.3, -0.25) is 0 Å². The molecule has 0 amide bonds. The van der Waals surface area contributed by atoms with Crippen LogP contribution in [0.25, 0.3) is 0 Å². The molecule has 1 heterocycles. The molecular weight excluding hydrogens is 320 g/mol.